The number of fused-ring (bicyclic) bond motifs is 1. The highest BCUT2D eigenvalue weighted by Gasteiger charge is 2.28. The molecule has 2 aromatic carbocycles. The van der Waals surface area contributed by atoms with Crippen LogP contribution in [-0.2, 0) is 21.2 Å². The SMILES string of the molecule is O=C(NO)c1ccc2c(c1)N(Cc1ccc(S(=O)(=O)C(F)F)cc1)C(=O)CO2. The predicted octanol–water partition coefficient (Wildman–Crippen LogP) is 1.73. The van der Waals surface area contributed by atoms with Gasteiger partial charge in [-0.05, 0) is 35.9 Å². The molecule has 8 nitrogen and oxygen atoms in total. The van der Waals surface area contributed by atoms with E-state index >= 15 is 0 Å². The summed E-state index contributed by atoms with van der Waals surface area (Å²) in [6.45, 7) is -0.245. The normalized spacial score (nSPS) is 13.9. The number of benzene rings is 2. The van der Waals surface area contributed by atoms with E-state index in [4.69, 9.17) is 9.94 Å². The second kappa shape index (κ2) is 7.52. The molecule has 0 saturated carbocycles. The molecule has 3 rings (SSSR count). The number of hydrogen-bond acceptors (Lipinski definition) is 6. The highest BCUT2D eigenvalue weighted by atomic mass is 32.2. The standard InChI is InChI=1S/C17H14F2N2O6S/c18-17(19)28(25,26)12-4-1-10(2-5-12)8-21-13-7-11(16(23)20-24)3-6-14(13)27-9-15(21)22/h1-7,17,24H,8-9H2,(H,20,23). The van der Waals surface area contributed by atoms with E-state index in [0.717, 1.165) is 12.1 Å². The Morgan fingerprint density at radius 3 is 2.50 bits per heavy atom. The van der Waals surface area contributed by atoms with E-state index in [1.807, 2.05) is 0 Å². The van der Waals surface area contributed by atoms with Gasteiger partial charge < -0.3 is 9.64 Å². The molecule has 2 aromatic rings. The molecule has 1 aliphatic heterocycles. The number of alkyl halides is 2. The fourth-order valence-electron chi connectivity index (χ4n) is 2.65. The molecule has 11 heteroatoms. The van der Waals surface area contributed by atoms with Crippen molar-refractivity contribution in [3.05, 3.63) is 53.6 Å². The molecule has 0 atom stereocenters. The number of carbonyl (C=O) groups excluding carboxylic acids is 2. The highest BCUT2D eigenvalue weighted by Crippen LogP contribution is 2.34. The van der Waals surface area contributed by atoms with Crippen LogP contribution in [0.5, 0.6) is 5.75 Å². The lowest BCUT2D eigenvalue weighted by Gasteiger charge is -2.29. The Balaban J connectivity index is 1.91. The van der Waals surface area contributed by atoms with Gasteiger partial charge in [0.2, 0.25) is 9.84 Å². The fourth-order valence-corrected chi connectivity index (χ4v) is 3.37. The quantitative estimate of drug-likeness (QED) is 0.571. The molecule has 0 saturated heterocycles. The van der Waals surface area contributed by atoms with Crippen molar-refractivity contribution < 1.29 is 36.7 Å². The Labute approximate surface area is 158 Å². The van der Waals surface area contributed by atoms with Gasteiger partial charge in [-0.3, -0.25) is 14.8 Å². The summed E-state index contributed by atoms with van der Waals surface area (Å²) >= 11 is 0. The summed E-state index contributed by atoms with van der Waals surface area (Å²) < 4.78 is 53.5. The number of nitrogens with one attached hydrogen (secondary N) is 1. The number of nitrogens with zero attached hydrogens (tertiary/aromatic N) is 1. The van der Waals surface area contributed by atoms with Gasteiger partial charge in [0.05, 0.1) is 17.1 Å². The molecule has 1 heterocycles. The van der Waals surface area contributed by atoms with Crippen molar-refractivity contribution in [2.75, 3.05) is 11.5 Å². The van der Waals surface area contributed by atoms with Crippen LogP contribution in [0.1, 0.15) is 15.9 Å². The van der Waals surface area contributed by atoms with Crippen LogP contribution < -0.4 is 15.1 Å². The lowest BCUT2D eigenvalue weighted by atomic mass is 10.1. The maximum absolute atomic E-state index is 12.6. The molecule has 0 bridgehead atoms. The van der Waals surface area contributed by atoms with E-state index in [1.54, 1.807) is 0 Å². The Morgan fingerprint density at radius 2 is 1.89 bits per heavy atom. The monoisotopic (exact) mass is 412 g/mol. The maximum Gasteiger partial charge on any atom is 0.341 e. The van der Waals surface area contributed by atoms with E-state index in [-0.39, 0.29) is 24.4 Å². The zero-order valence-electron chi connectivity index (χ0n) is 14.1. The molecule has 2 amide bonds. The summed E-state index contributed by atoms with van der Waals surface area (Å²) in [6, 6.07) is 8.95. The summed E-state index contributed by atoms with van der Waals surface area (Å²) in [5.41, 5.74) is 2.34. The first-order valence-electron chi connectivity index (χ1n) is 7.86. The summed E-state index contributed by atoms with van der Waals surface area (Å²) in [7, 11) is -4.71. The van der Waals surface area contributed by atoms with Crippen molar-refractivity contribution in [2.45, 2.75) is 17.2 Å². The summed E-state index contributed by atoms with van der Waals surface area (Å²) in [6.07, 6.45) is 0. The van der Waals surface area contributed by atoms with Crippen LogP contribution in [0, 0.1) is 0 Å². The van der Waals surface area contributed by atoms with Crippen molar-refractivity contribution in [1.29, 1.82) is 0 Å². The molecule has 0 fully saturated rings. The minimum Gasteiger partial charge on any atom is -0.482 e. The summed E-state index contributed by atoms with van der Waals surface area (Å²) in [5.74, 6) is -4.38. The van der Waals surface area contributed by atoms with Crippen molar-refractivity contribution in [2.24, 2.45) is 0 Å². The first kappa shape index (κ1) is 19.7. The average molecular weight is 412 g/mol. The van der Waals surface area contributed by atoms with Crippen LogP contribution in [-0.4, -0.2) is 37.8 Å². The third-order valence-electron chi connectivity index (χ3n) is 4.09. The number of hydroxylamine groups is 1. The molecule has 0 aliphatic carbocycles. The van der Waals surface area contributed by atoms with Gasteiger partial charge >= 0.3 is 5.76 Å². The number of rotatable bonds is 5. The molecular formula is C17H14F2N2O6S. The van der Waals surface area contributed by atoms with Gasteiger partial charge in [-0.2, -0.15) is 8.78 Å². The van der Waals surface area contributed by atoms with Crippen molar-refractivity contribution in [3.8, 4) is 5.75 Å². The maximum atomic E-state index is 12.6. The van der Waals surface area contributed by atoms with E-state index in [2.05, 4.69) is 0 Å². The summed E-state index contributed by atoms with van der Waals surface area (Å²) in [5, 5.41) is 8.76. The first-order chi connectivity index (χ1) is 13.2. The largest absolute Gasteiger partial charge is 0.482 e. The minimum absolute atomic E-state index is 0.00556. The van der Waals surface area contributed by atoms with Crippen LogP contribution in [0.15, 0.2) is 47.4 Å². The van der Waals surface area contributed by atoms with Crippen LogP contribution in [0.25, 0.3) is 0 Å². The zero-order chi connectivity index (χ0) is 20.5. The second-order valence-electron chi connectivity index (χ2n) is 5.84. The molecule has 0 spiro atoms. The van der Waals surface area contributed by atoms with Crippen molar-refractivity contribution in [1.82, 2.24) is 5.48 Å². The van der Waals surface area contributed by atoms with E-state index in [0.29, 0.717) is 11.3 Å². The Morgan fingerprint density at radius 1 is 1.21 bits per heavy atom. The molecule has 148 valence electrons. The van der Waals surface area contributed by atoms with E-state index in [9.17, 15) is 26.8 Å². The van der Waals surface area contributed by atoms with Crippen LogP contribution in [0.4, 0.5) is 14.5 Å². The third kappa shape index (κ3) is 3.66. The number of anilines is 1. The van der Waals surface area contributed by atoms with Gasteiger partial charge in [0.1, 0.15) is 5.75 Å². The number of ether oxygens (including phenoxy) is 1. The second-order valence-corrected chi connectivity index (χ2v) is 7.76. The van der Waals surface area contributed by atoms with Crippen molar-refractivity contribution >= 4 is 27.3 Å². The lowest BCUT2D eigenvalue weighted by Crippen LogP contribution is -2.38. The fraction of sp³-hybridized carbons (Fsp3) is 0.176. The predicted molar refractivity (Wildman–Crippen MR) is 92.0 cm³/mol. The highest BCUT2D eigenvalue weighted by molar-refractivity contribution is 7.91. The zero-order valence-corrected chi connectivity index (χ0v) is 14.9. The minimum atomic E-state index is -4.71. The van der Waals surface area contributed by atoms with Crippen molar-refractivity contribution in [3.63, 3.8) is 0 Å². The van der Waals surface area contributed by atoms with Gasteiger partial charge in [-0.15, -0.1) is 0 Å². The van der Waals surface area contributed by atoms with Crippen LogP contribution in [0.3, 0.4) is 0 Å². The molecular weight excluding hydrogens is 398 g/mol. The number of hydrogen-bond donors (Lipinski definition) is 2. The van der Waals surface area contributed by atoms with E-state index in [1.165, 1.54) is 40.7 Å². The van der Waals surface area contributed by atoms with Gasteiger partial charge in [0.15, 0.2) is 6.61 Å². The molecule has 0 aromatic heterocycles. The number of sulfone groups is 1. The smallest absolute Gasteiger partial charge is 0.341 e. The van der Waals surface area contributed by atoms with Gasteiger partial charge in [0, 0.05) is 5.56 Å². The molecule has 1 aliphatic rings. The Hall–Kier alpha value is -3.05. The Kier molecular flexibility index (Phi) is 5.29. The van der Waals surface area contributed by atoms with Crippen LogP contribution in [0.2, 0.25) is 0 Å². The lowest BCUT2D eigenvalue weighted by molar-refractivity contribution is -0.121. The topological polar surface area (TPSA) is 113 Å². The van der Waals surface area contributed by atoms with E-state index < -0.39 is 32.3 Å². The van der Waals surface area contributed by atoms with Gasteiger partial charge in [0.25, 0.3) is 11.8 Å². The number of halogens is 2. The molecule has 0 unspecified atom stereocenters. The average Bonchev–Trinajstić information content (AvgIpc) is 2.69. The Bertz CT molecular complexity index is 1020. The third-order valence-corrected chi connectivity index (χ3v) is 5.49. The van der Waals surface area contributed by atoms with Gasteiger partial charge in [-0.1, -0.05) is 12.1 Å². The first-order valence-corrected chi connectivity index (χ1v) is 9.41. The molecule has 0 radical (unpaired) electrons. The molecule has 2 N–H and O–H groups in total. The summed E-state index contributed by atoms with van der Waals surface area (Å²) in [4.78, 5) is 24.7. The molecule has 28 heavy (non-hydrogen) atoms. The van der Waals surface area contributed by atoms with Crippen LogP contribution >= 0.6 is 0 Å². The van der Waals surface area contributed by atoms with Gasteiger partial charge in [-0.25, -0.2) is 13.9 Å². The number of amides is 2. The number of carbonyl (C=O) groups is 2.